The molecular weight excluding hydrogens is 242 g/mol. The molecule has 0 N–H and O–H groups in total. The number of benzene rings is 2. The van der Waals surface area contributed by atoms with Crippen LogP contribution < -0.4 is 4.90 Å². The van der Waals surface area contributed by atoms with E-state index in [0.717, 1.165) is 32.1 Å². The first-order valence-corrected chi connectivity index (χ1v) is 6.20. The summed E-state index contributed by atoms with van der Waals surface area (Å²) >= 11 is 5.56. The molecule has 0 spiro atoms. The normalized spacial score (nSPS) is 11.0. The van der Waals surface area contributed by atoms with E-state index in [1.165, 1.54) is 0 Å². The first-order chi connectivity index (χ1) is 8.66. The van der Waals surface area contributed by atoms with Crippen LogP contribution in [-0.2, 0) is 0 Å². The molecule has 18 heavy (non-hydrogen) atoms. The fraction of sp³-hybridized carbons (Fsp3) is 0.133. The molecule has 3 heteroatoms. The van der Waals surface area contributed by atoms with Crippen molar-refractivity contribution in [2.45, 2.75) is 0 Å². The highest BCUT2D eigenvalue weighted by atomic mass is 32.1. The lowest BCUT2D eigenvalue weighted by Crippen LogP contribution is -2.08. The lowest BCUT2D eigenvalue weighted by atomic mass is 10.1. The molecule has 1 heterocycles. The first-order valence-electron chi connectivity index (χ1n) is 5.80. The monoisotopic (exact) mass is 255 g/mol. The van der Waals surface area contributed by atoms with Gasteiger partial charge in [0.05, 0.1) is 4.51 Å². The van der Waals surface area contributed by atoms with Gasteiger partial charge < -0.3 is 9.32 Å². The lowest BCUT2D eigenvalue weighted by molar-refractivity contribution is 0.660. The van der Waals surface area contributed by atoms with Crippen molar-refractivity contribution in [1.82, 2.24) is 0 Å². The summed E-state index contributed by atoms with van der Waals surface area (Å²) in [5.74, 6) is 0. The minimum absolute atomic E-state index is 0.837. The molecule has 2 nitrogen and oxygen atoms in total. The van der Waals surface area contributed by atoms with Crippen molar-refractivity contribution in [2.24, 2.45) is 0 Å². The van der Waals surface area contributed by atoms with Crippen molar-refractivity contribution >= 4 is 39.8 Å². The summed E-state index contributed by atoms with van der Waals surface area (Å²) in [6.45, 7) is 0. The van der Waals surface area contributed by atoms with E-state index in [4.69, 9.17) is 16.6 Å². The predicted octanol–water partition coefficient (Wildman–Crippen LogP) is 4.38. The maximum absolute atomic E-state index is 5.88. The molecule has 0 fully saturated rings. The fourth-order valence-electron chi connectivity index (χ4n) is 2.07. The highest BCUT2D eigenvalue weighted by molar-refractivity contribution is 7.72. The molecule has 0 aliphatic carbocycles. The number of nitrogens with zero attached hydrogens (tertiary/aromatic N) is 1. The van der Waals surface area contributed by atoms with Crippen LogP contribution in [0.1, 0.15) is 0 Å². The Kier molecular flexibility index (Phi) is 2.56. The molecule has 0 atom stereocenters. The number of hydrogen-bond acceptors (Lipinski definition) is 3. The summed E-state index contributed by atoms with van der Waals surface area (Å²) in [5.41, 5.74) is 2.80. The highest BCUT2D eigenvalue weighted by Crippen LogP contribution is 2.28. The molecule has 0 saturated heterocycles. The third-order valence-electron chi connectivity index (χ3n) is 3.08. The van der Waals surface area contributed by atoms with Crippen molar-refractivity contribution in [3.63, 3.8) is 0 Å². The van der Waals surface area contributed by atoms with Gasteiger partial charge in [0, 0.05) is 30.6 Å². The molecule has 0 aliphatic heterocycles. The van der Waals surface area contributed by atoms with Gasteiger partial charge in [0.1, 0.15) is 11.2 Å². The van der Waals surface area contributed by atoms with Gasteiger partial charge in [-0.2, -0.15) is 0 Å². The van der Waals surface area contributed by atoms with Crippen LogP contribution in [0.5, 0.6) is 0 Å². The molecule has 90 valence electrons. The SMILES string of the molecule is CN(C)c1ccc2oc3ccccc3c(=S)c2c1. The summed E-state index contributed by atoms with van der Waals surface area (Å²) in [4.78, 5) is 2.06. The van der Waals surface area contributed by atoms with Gasteiger partial charge in [-0.1, -0.05) is 24.4 Å². The third kappa shape index (κ3) is 1.68. The molecule has 0 amide bonds. The highest BCUT2D eigenvalue weighted by Gasteiger charge is 2.05. The van der Waals surface area contributed by atoms with Crippen molar-refractivity contribution in [3.05, 3.63) is 47.0 Å². The smallest absolute Gasteiger partial charge is 0.136 e. The van der Waals surface area contributed by atoms with Gasteiger partial charge in [-0.15, -0.1) is 0 Å². The van der Waals surface area contributed by atoms with Gasteiger partial charge >= 0.3 is 0 Å². The summed E-state index contributed by atoms with van der Waals surface area (Å²) in [7, 11) is 4.03. The molecule has 0 radical (unpaired) electrons. The predicted molar refractivity (Wildman–Crippen MR) is 78.9 cm³/mol. The van der Waals surface area contributed by atoms with Crippen molar-refractivity contribution in [1.29, 1.82) is 0 Å². The quantitative estimate of drug-likeness (QED) is 0.474. The van der Waals surface area contributed by atoms with Gasteiger partial charge in [-0.3, -0.25) is 0 Å². The zero-order valence-corrected chi connectivity index (χ0v) is 11.1. The van der Waals surface area contributed by atoms with Crippen LogP contribution in [0.2, 0.25) is 0 Å². The van der Waals surface area contributed by atoms with E-state index < -0.39 is 0 Å². The number of anilines is 1. The minimum Gasteiger partial charge on any atom is -0.456 e. The standard InChI is InChI=1S/C15H13NOS/c1-16(2)10-7-8-14-12(9-10)15(18)11-5-3-4-6-13(11)17-14/h3-9H,1-2H3. The van der Waals surface area contributed by atoms with Crippen molar-refractivity contribution in [3.8, 4) is 0 Å². The van der Waals surface area contributed by atoms with Crippen molar-refractivity contribution in [2.75, 3.05) is 19.0 Å². The Morgan fingerprint density at radius 2 is 1.67 bits per heavy atom. The second-order valence-electron chi connectivity index (χ2n) is 4.50. The Morgan fingerprint density at radius 3 is 2.44 bits per heavy atom. The maximum Gasteiger partial charge on any atom is 0.136 e. The number of rotatable bonds is 1. The molecular formula is C15H13NOS. The van der Waals surface area contributed by atoms with E-state index in [1.807, 2.05) is 50.5 Å². The molecule has 0 unspecified atom stereocenters. The molecule has 3 rings (SSSR count). The Hall–Kier alpha value is -1.87. The maximum atomic E-state index is 5.88. The van der Waals surface area contributed by atoms with Crippen LogP contribution in [0.3, 0.4) is 0 Å². The van der Waals surface area contributed by atoms with E-state index in [9.17, 15) is 0 Å². The number of hydrogen-bond donors (Lipinski definition) is 0. The second kappa shape index (κ2) is 4.10. The molecule has 0 aliphatic rings. The molecule has 0 bridgehead atoms. The molecule has 0 saturated carbocycles. The van der Waals surface area contributed by atoms with Crippen LogP contribution in [-0.4, -0.2) is 14.1 Å². The average molecular weight is 255 g/mol. The van der Waals surface area contributed by atoms with Crippen molar-refractivity contribution < 1.29 is 4.42 Å². The van der Waals surface area contributed by atoms with E-state index in [2.05, 4.69) is 11.0 Å². The van der Waals surface area contributed by atoms with Crippen LogP contribution in [0.25, 0.3) is 21.9 Å². The Bertz CT molecular complexity index is 789. The summed E-state index contributed by atoms with van der Waals surface area (Å²) in [5, 5.41) is 1.99. The molecule has 2 aromatic carbocycles. The zero-order chi connectivity index (χ0) is 12.7. The van der Waals surface area contributed by atoms with Crippen LogP contribution in [0.4, 0.5) is 5.69 Å². The molecule has 1 aromatic heterocycles. The van der Waals surface area contributed by atoms with Gasteiger partial charge in [0.2, 0.25) is 0 Å². The average Bonchev–Trinajstić information content (AvgIpc) is 2.38. The minimum atomic E-state index is 0.837. The second-order valence-corrected chi connectivity index (χ2v) is 4.91. The van der Waals surface area contributed by atoms with E-state index in [1.54, 1.807) is 0 Å². The van der Waals surface area contributed by atoms with E-state index in [0.29, 0.717) is 0 Å². The summed E-state index contributed by atoms with van der Waals surface area (Å²) < 4.78 is 6.73. The number of fused-ring (bicyclic) bond motifs is 2. The van der Waals surface area contributed by atoms with E-state index >= 15 is 0 Å². The largest absolute Gasteiger partial charge is 0.456 e. The van der Waals surface area contributed by atoms with Gasteiger partial charge in [-0.05, 0) is 30.3 Å². The molecule has 3 aromatic rings. The Labute approximate surface area is 110 Å². The summed E-state index contributed by atoms with van der Waals surface area (Å²) in [6.07, 6.45) is 0. The number of para-hydroxylation sites is 1. The Balaban J connectivity index is 2.45. The van der Waals surface area contributed by atoms with Crippen LogP contribution in [0.15, 0.2) is 46.9 Å². The van der Waals surface area contributed by atoms with Gasteiger partial charge in [0.25, 0.3) is 0 Å². The topological polar surface area (TPSA) is 16.4 Å². The Morgan fingerprint density at radius 1 is 0.944 bits per heavy atom. The zero-order valence-electron chi connectivity index (χ0n) is 10.3. The lowest BCUT2D eigenvalue weighted by Gasteiger charge is -2.13. The van der Waals surface area contributed by atoms with Gasteiger partial charge in [-0.25, -0.2) is 0 Å². The first kappa shape index (κ1) is 11.2. The third-order valence-corrected chi connectivity index (χ3v) is 3.52. The fourth-order valence-corrected chi connectivity index (χ4v) is 2.40. The van der Waals surface area contributed by atoms with E-state index in [-0.39, 0.29) is 0 Å². The van der Waals surface area contributed by atoms with Crippen LogP contribution in [0, 0.1) is 4.51 Å². The van der Waals surface area contributed by atoms with Gasteiger partial charge in [0.15, 0.2) is 0 Å². The summed E-state index contributed by atoms with van der Waals surface area (Å²) in [6, 6.07) is 14.0. The van der Waals surface area contributed by atoms with Crippen LogP contribution >= 0.6 is 12.2 Å².